The number of aromatic nitrogens is 6. The van der Waals surface area contributed by atoms with Crippen LogP contribution in [-0.4, -0.2) is 66.7 Å². The number of aliphatic hydroxyl groups is 1. The zero-order chi connectivity index (χ0) is 38.2. The molecular weight excluding hydrogens is 812 g/mol. The summed E-state index contributed by atoms with van der Waals surface area (Å²) in [5, 5.41) is 19.6. The Labute approximate surface area is 337 Å². The standard InChI is InChI=1S/C27H27ClNO4.C13H12F2N6O.BrH/c1-30-24-8-7-17-11-23-20-13-26-25(32-16-33-26)12-18(20)9-10-29(23,15-21(17)27(24)31-2)14-19-5-3-4-6-22(19)28;14-10-1-2-11(12(15)3-10)13(22,4-20-8-16-6-18-20)5-21-9-17-7-19-21;/h3-8,12-13,23H,9-11,14-16H2,1-2H3;1-3,6-9,22H,4-5H2;1H/q+1;;/p-1. The molecule has 16 heteroatoms. The lowest BCUT2D eigenvalue weighted by Crippen LogP contribution is -3.00. The summed E-state index contributed by atoms with van der Waals surface area (Å²) < 4.78 is 53.8. The van der Waals surface area contributed by atoms with Gasteiger partial charge in [-0.15, -0.1) is 0 Å². The fourth-order valence-corrected chi connectivity index (χ4v) is 8.39. The van der Waals surface area contributed by atoms with E-state index in [2.05, 4.69) is 50.5 Å². The summed E-state index contributed by atoms with van der Waals surface area (Å²) >= 11 is 6.66. The second-order valence-corrected chi connectivity index (χ2v) is 14.4. The molecule has 0 amide bonds. The molecule has 292 valence electrons. The molecule has 1 N–H and O–H groups in total. The fraction of sp³-hybridized carbons (Fsp3) is 0.300. The summed E-state index contributed by atoms with van der Waals surface area (Å²) in [6.45, 7) is 2.88. The summed E-state index contributed by atoms with van der Waals surface area (Å²) in [4.78, 5) is 7.57. The van der Waals surface area contributed by atoms with Crippen molar-refractivity contribution in [2.45, 2.75) is 50.7 Å². The predicted octanol–water partition coefficient (Wildman–Crippen LogP) is 3.20. The first-order chi connectivity index (χ1) is 26.7. The van der Waals surface area contributed by atoms with E-state index in [-0.39, 0.29) is 35.6 Å². The molecule has 56 heavy (non-hydrogen) atoms. The molecule has 0 aliphatic carbocycles. The topological polar surface area (TPSA) is 119 Å². The van der Waals surface area contributed by atoms with Crippen LogP contribution in [0.25, 0.3) is 0 Å². The first-order valence-corrected chi connectivity index (χ1v) is 18.1. The number of quaternary nitrogens is 1. The second kappa shape index (κ2) is 16.2. The molecule has 9 rings (SSSR count). The van der Waals surface area contributed by atoms with Gasteiger partial charge in [-0.3, -0.25) is 0 Å². The van der Waals surface area contributed by atoms with Gasteiger partial charge in [-0.1, -0.05) is 41.9 Å². The second-order valence-electron chi connectivity index (χ2n) is 14.0. The Morgan fingerprint density at radius 3 is 2.27 bits per heavy atom. The van der Waals surface area contributed by atoms with Gasteiger partial charge in [-0.25, -0.2) is 28.1 Å². The van der Waals surface area contributed by atoms with Crippen molar-refractivity contribution in [1.82, 2.24) is 29.5 Å². The van der Waals surface area contributed by atoms with Gasteiger partial charge in [0, 0.05) is 40.6 Å². The molecule has 3 aliphatic rings. The van der Waals surface area contributed by atoms with Crippen LogP contribution in [0.5, 0.6) is 23.0 Å². The van der Waals surface area contributed by atoms with Crippen LogP contribution in [0.3, 0.4) is 0 Å². The van der Waals surface area contributed by atoms with E-state index in [9.17, 15) is 13.9 Å². The minimum atomic E-state index is -1.70. The highest BCUT2D eigenvalue weighted by atomic mass is 79.9. The van der Waals surface area contributed by atoms with E-state index in [0.717, 1.165) is 77.1 Å². The summed E-state index contributed by atoms with van der Waals surface area (Å²) in [6, 6.07) is 20.1. The van der Waals surface area contributed by atoms with Crippen molar-refractivity contribution >= 4 is 11.6 Å². The number of benzene rings is 4. The zero-order valence-corrected chi connectivity index (χ0v) is 33.0. The number of halogens is 4. The van der Waals surface area contributed by atoms with Gasteiger partial charge in [0.1, 0.15) is 61.7 Å². The van der Waals surface area contributed by atoms with Gasteiger partial charge in [0.15, 0.2) is 23.0 Å². The zero-order valence-electron chi connectivity index (χ0n) is 30.6. The van der Waals surface area contributed by atoms with Crippen LogP contribution in [0.15, 0.2) is 92.0 Å². The van der Waals surface area contributed by atoms with Crippen LogP contribution in [0.1, 0.15) is 39.4 Å². The molecule has 12 nitrogen and oxygen atoms in total. The number of rotatable bonds is 9. The maximum Gasteiger partial charge on any atom is 0.231 e. The lowest BCUT2D eigenvalue weighted by molar-refractivity contribution is -0.985. The van der Waals surface area contributed by atoms with Crippen LogP contribution < -0.4 is 35.9 Å². The predicted molar refractivity (Wildman–Crippen MR) is 197 cm³/mol. The lowest BCUT2D eigenvalue weighted by Gasteiger charge is -2.51. The van der Waals surface area contributed by atoms with E-state index in [4.69, 9.17) is 30.5 Å². The average Bonchev–Trinajstić information content (AvgIpc) is 3.98. The summed E-state index contributed by atoms with van der Waals surface area (Å²) in [5.74, 6) is 1.79. The number of fused-ring (bicyclic) bond motifs is 5. The highest BCUT2D eigenvalue weighted by molar-refractivity contribution is 6.31. The van der Waals surface area contributed by atoms with E-state index in [0.29, 0.717) is 12.8 Å². The number of ether oxygens (including phenoxy) is 4. The number of hydrogen-bond donors (Lipinski definition) is 1. The highest BCUT2D eigenvalue weighted by Crippen LogP contribution is 2.51. The SMILES string of the molecule is COc1ccc2c(c1OC)C[N+]1(Cc3ccccc3Cl)CCc3cc4c(cc3C1C2)OCO4.OC(Cn1cncn1)(Cn1cncn1)c1ccc(F)cc1F.[Br-]. The molecule has 2 atom stereocenters. The van der Waals surface area contributed by atoms with Crippen LogP contribution in [0, 0.1) is 11.6 Å². The van der Waals surface area contributed by atoms with E-state index in [1.165, 1.54) is 68.6 Å². The van der Waals surface area contributed by atoms with E-state index in [1.807, 2.05) is 18.2 Å². The van der Waals surface area contributed by atoms with Crippen molar-refractivity contribution in [2.75, 3.05) is 27.6 Å². The van der Waals surface area contributed by atoms with Crippen LogP contribution >= 0.6 is 11.6 Å². The minimum Gasteiger partial charge on any atom is -1.00 e. The molecule has 0 radical (unpaired) electrons. The number of nitrogens with zero attached hydrogens (tertiary/aromatic N) is 7. The lowest BCUT2D eigenvalue weighted by atomic mass is 9.80. The van der Waals surface area contributed by atoms with Crippen molar-refractivity contribution in [3.63, 3.8) is 0 Å². The number of methoxy groups -OCH3 is 2. The van der Waals surface area contributed by atoms with E-state index >= 15 is 0 Å². The largest absolute Gasteiger partial charge is 1.00 e. The molecule has 2 unspecified atom stereocenters. The Balaban J connectivity index is 0.000000183. The van der Waals surface area contributed by atoms with Crippen LogP contribution in [0.2, 0.25) is 5.02 Å². The summed E-state index contributed by atoms with van der Waals surface area (Å²) in [7, 11) is 3.43. The Morgan fingerprint density at radius 2 is 1.62 bits per heavy atom. The normalized spacial score (nSPS) is 17.7. The molecule has 3 aliphatic heterocycles. The van der Waals surface area contributed by atoms with E-state index in [1.54, 1.807) is 14.2 Å². The molecule has 5 heterocycles. The quantitative estimate of drug-likeness (QED) is 0.219. The Hall–Kier alpha value is -5.09. The molecule has 0 bridgehead atoms. The first kappa shape index (κ1) is 39.2. The maximum atomic E-state index is 14.1. The summed E-state index contributed by atoms with van der Waals surface area (Å²) in [5.41, 5.74) is 4.71. The van der Waals surface area contributed by atoms with Gasteiger partial charge in [0.05, 0.1) is 39.4 Å². The Bertz CT molecular complexity index is 2280. The van der Waals surface area contributed by atoms with Gasteiger partial charge < -0.3 is 45.5 Å². The third kappa shape index (κ3) is 7.55. The third-order valence-electron chi connectivity index (χ3n) is 10.8. The van der Waals surface area contributed by atoms with Crippen LogP contribution in [-0.2, 0) is 44.6 Å². The monoisotopic (exact) mass is 849 g/mol. The molecule has 6 aromatic rings. The molecule has 0 fully saturated rings. The van der Waals surface area contributed by atoms with E-state index < -0.39 is 17.2 Å². The van der Waals surface area contributed by atoms with Crippen molar-refractivity contribution in [1.29, 1.82) is 0 Å². The Kier molecular flexibility index (Phi) is 11.3. The van der Waals surface area contributed by atoms with Crippen LogP contribution in [0.4, 0.5) is 8.78 Å². The maximum absolute atomic E-state index is 14.1. The van der Waals surface area contributed by atoms with Gasteiger partial charge in [-0.05, 0) is 41.5 Å². The van der Waals surface area contributed by atoms with Gasteiger partial charge in [-0.2, -0.15) is 10.2 Å². The van der Waals surface area contributed by atoms with Crippen molar-refractivity contribution in [3.05, 3.63) is 142 Å². The smallest absolute Gasteiger partial charge is 0.231 e. The average molecular weight is 851 g/mol. The van der Waals surface area contributed by atoms with Crippen molar-refractivity contribution in [3.8, 4) is 23.0 Å². The Morgan fingerprint density at radius 1 is 0.911 bits per heavy atom. The third-order valence-corrected chi connectivity index (χ3v) is 11.1. The number of hydrogen-bond acceptors (Lipinski definition) is 9. The molecule has 0 saturated heterocycles. The molecule has 2 aromatic heterocycles. The van der Waals surface area contributed by atoms with Crippen molar-refractivity contribution < 1.29 is 54.3 Å². The fourth-order valence-electron chi connectivity index (χ4n) is 8.20. The molecule has 0 saturated carbocycles. The van der Waals surface area contributed by atoms with Gasteiger partial charge >= 0.3 is 0 Å². The molecule has 0 spiro atoms. The molecule has 4 aromatic carbocycles. The summed E-state index contributed by atoms with van der Waals surface area (Å²) in [6.07, 6.45) is 7.30. The van der Waals surface area contributed by atoms with Crippen molar-refractivity contribution in [2.24, 2.45) is 0 Å². The van der Waals surface area contributed by atoms with Gasteiger partial charge in [0.2, 0.25) is 6.79 Å². The highest BCUT2D eigenvalue weighted by Gasteiger charge is 2.48. The van der Waals surface area contributed by atoms with Gasteiger partial charge in [0.25, 0.3) is 0 Å². The minimum absolute atomic E-state index is 0. The molecular formula is C40H39BrClF2N7O5. The first-order valence-electron chi connectivity index (χ1n) is 17.8.